The zero-order valence-electron chi connectivity index (χ0n) is 12.2. The number of fused-ring (bicyclic) bond motifs is 1. The second-order valence-corrected chi connectivity index (χ2v) is 5.78. The quantitative estimate of drug-likeness (QED) is 0.855. The zero-order valence-corrected chi connectivity index (χ0v) is 12.2. The fourth-order valence-electron chi connectivity index (χ4n) is 2.73. The average molecular weight is 297 g/mol. The van der Waals surface area contributed by atoms with Gasteiger partial charge in [0.1, 0.15) is 17.5 Å². The molecule has 2 heterocycles. The van der Waals surface area contributed by atoms with Crippen LogP contribution in [0.25, 0.3) is 0 Å². The van der Waals surface area contributed by atoms with Crippen molar-refractivity contribution in [3.8, 4) is 11.8 Å². The van der Waals surface area contributed by atoms with Crippen molar-refractivity contribution in [3.05, 3.63) is 58.3 Å². The maximum Gasteiger partial charge on any atom is 0.269 e. The zero-order chi connectivity index (χ0) is 15.9. The second kappa shape index (κ2) is 4.97. The van der Waals surface area contributed by atoms with E-state index in [1.807, 2.05) is 0 Å². The number of nitrogens with zero attached hydrogens (tertiary/aromatic N) is 3. The molecule has 0 amide bonds. The van der Waals surface area contributed by atoms with Gasteiger partial charge in [0, 0.05) is 18.0 Å². The molecule has 3 rings (SSSR count). The van der Waals surface area contributed by atoms with E-state index < -0.39 is 17.7 Å². The number of benzene rings is 1. The SMILES string of the molecule is CC1(C)Oc2ccc(C#N)cc2C(n2ccncc2=O)[C@@H]1O. The molecule has 2 atom stereocenters. The lowest BCUT2D eigenvalue weighted by Crippen LogP contribution is -2.52. The smallest absolute Gasteiger partial charge is 0.269 e. The van der Waals surface area contributed by atoms with E-state index in [1.165, 1.54) is 23.2 Å². The van der Waals surface area contributed by atoms with Gasteiger partial charge in [-0.05, 0) is 32.0 Å². The number of aliphatic hydroxyl groups excluding tert-OH is 1. The first-order valence-electron chi connectivity index (χ1n) is 6.87. The first-order valence-corrected chi connectivity index (χ1v) is 6.87. The van der Waals surface area contributed by atoms with Crippen LogP contribution in [0.2, 0.25) is 0 Å². The van der Waals surface area contributed by atoms with Gasteiger partial charge < -0.3 is 14.4 Å². The van der Waals surface area contributed by atoms with Crippen molar-refractivity contribution in [2.24, 2.45) is 0 Å². The Balaban J connectivity index is 2.26. The standard InChI is InChI=1S/C16H15N3O3/c1-16(2)15(21)14(19-6-5-18-9-13(19)20)11-7-10(8-17)3-4-12(11)22-16/h3-7,9,14-15,21H,1-2H3/t14?,15-/m0/s1. The van der Waals surface area contributed by atoms with Crippen molar-refractivity contribution < 1.29 is 9.84 Å². The van der Waals surface area contributed by atoms with Gasteiger partial charge in [0.2, 0.25) is 0 Å². The highest BCUT2D eigenvalue weighted by Gasteiger charge is 2.44. The molecule has 1 unspecified atom stereocenters. The summed E-state index contributed by atoms with van der Waals surface area (Å²) in [6.07, 6.45) is 3.27. The van der Waals surface area contributed by atoms with E-state index >= 15 is 0 Å². The normalized spacial score (nSPS) is 22.3. The first kappa shape index (κ1) is 14.3. The number of hydrogen-bond acceptors (Lipinski definition) is 5. The van der Waals surface area contributed by atoms with Gasteiger partial charge in [-0.15, -0.1) is 0 Å². The van der Waals surface area contributed by atoms with Crippen LogP contribution in [0.5, 0.6) is 5.75 Å². The third kappa shape index (κ3) is 2.16. The number of rotatable bonds is 1. The van der Waals surface area contributed by atoms with E-state index in [2.05, 4.69) is 11.1 Å². The van der Waals surface area contributed by atoms with E-state index in [1.54, 1.807) is 32.0 Å². The molecular formula is C16H15N3O3. The summed E-state index contributed by atoms with van der Waals surface area (Å²) >= 11 is 0. The molecule has 1 N–H and O–H groups in total. The van der Waals surface area contributed by atoms with Crippen LogP contribution >= 0.6 is 0 Å². The van der Waals surface area contributed by atoms with E-state index in [0.29, 0.717) is 16.9 Å². The van der Waals surface area contributed by atoms with Gasteiger partial charge in [-0.25, -0.2) is 0 Å². The maximum absolute atomic E-state index is 12.1. The van der Waals surface area contributed by atoms with Crippen LogP contribution in [0.15, 0.2) is 41.6 Å². The molecule has 1 aromatic carbocycles. The molecule has 2 aromatic rings. The minimum absolute atomic E-state index is 0.322. The van der Waals surface area contributed by atoms with Gasteiger partial charge in [0.25, 0.3) is 5.56 Å². The molecular weight excluding hydrogens is 282 g/mol. The summed E-state index contributed by atoms with van der Waals surface area (Å²) in [5, 5.41) is 19.8. The third-order valence-corrected chi connectivity index (χ3v) is 3.89. The van der Waals surface area contributed by atoms with Gasteiger partial charge in [0.15, 0.2) is 0 Å². The average Bonchev–Trinajstić information content (AvgIpc) is 2.49. The van der Waals surface area contributed by atoms with Gasteiger partial charge in [-0.1, -0.05) is 0 Å². The Hall–Kier alpha value is -2.65. The first-order chi connectivity index (χ1) is 10.4. The number of ether oxygens (including phenoxy) is 1. The highest BCUT2D eigenvalue weighted by atomic mass is 16.5. The molecule has 0 bridgehead atoms. The molecule has 0 radical (unpaired) electrons. The second-order valence-electron chi connectivity index (χ2n) is 5.78. The van der Waals surface area contributed by atoms with Crippen LogP contribution in [-0.2, 0) is 0 Å². The van der Waals surface area contributed by atoms with Crippen LogP contribution in [0.1, 0.15) is 31.0 Å². The summed E-state index contributed by atoms with van der Waals surface area (Å²) < 4.78 is 7.25. The highest BCUT2D eigenvalue weighted by molar-refractivity contribution is 5.46. The Labute approximate surface area is 127 Å². The third-order valence-electron chi connectivity index (χ3n) is 3.89. The molecule has 0 spiro atoms. The van der Waals surface area contributed by atoms with Gasteiger partial charge in [-0.2, -0.15) is 5.26 Å². The number of nitriles is 1. The minimum Gasteiger partial charge on any atom is -0.485 e. The van der Waals surface area contributed by atoms with Crippen molar-refractivity contribution in [3.63, 3.8) is 0 Å². The monoisotopic (exact) mass is 297 g/mol. The van der Waals surface area contributed by atoms with Crippen molar-refractivity contribution in [1.82, 2.24) is 9.55 Å². The van der Waals surface area contributed by atoms with E-state index in [9.17, 15) is 9.90 Å². The van der Waals surface area contributed by atoms with Gasteiger partial charge in [-0.3, -0.25) is 9.78 Å². The number of aliphatic hydroxyl groups is 1. The number of hydrogen-bond donors (Lipinski definition) is 1. The lowest BCUT2D eigenvalue weighted by molar-refractivity contribution is -0.0643. The Morgan fingerprint density at radius 3 is 2.91 bits per heavy atom. The van der Waals surface area contributed by atoms with Gasteiger partial charge >= 0.3 is 0 Å². The van der Waals surface area contributed by atoms with Crippen LogP contribution < -0.4 is 10.3 Å². The molecule has 22 heavy (non-hydrogen) atoms. The molecule has 0 saturated heterocycles. The summed E-state index contributed by atoms with van der Waals surface area (Å²) in [4.78, 5) is 15.9. The Morgan fingerprint density at radius 1 is 1.45 bits per heavy atom. The molecule has 0 saturated carbocycles. The van der Waals surface area contributed by atoms with E-state index in [0.717, 1.165) is 0 Å². The maximum atomic E-state index is 12.1. The molecule has 0 fully saturated rings. The summed E-state index contributed by atoms with van der Waals surface area (Å²) in [5.74, 6) is 0.558. The molecule has 1 aromatic heterocycles. The fourth-order valence-corrected chi connectivity index (χ4v) is 2.73. The molecule has 0 aliphatic carbocycles. The predicted molar refractivity (Wildman–Crippen MR) is 78.5 cm³/mol. The molecule has 1 aliphatic heterocycles. The van der Waals surface area contributed by atoms with Gasteiger partial charge in [0.05, 0.1) is 23.9 Å². The minimum atomic E-state index is -0.950. The Bertz CT molecular complexity index is 820. The van der Waals surface area contributed by atoms with Crippen LogP contribution in [0.4, 0.5) is 0 Å². The Morgan fingerprint density at radius 2 is 2.23 bits per heavy atom. The summed E-state index contributed by atoms with van der Waals surface area (Å²) in [6.45, 7) is 3.52. The van der Waals surface area contributed by atoms with Crippen LogP contribution in [0.3, 0.4) is 0 Å². The molecule has 6 nitrogen and oxygen atoms in total. The lowest BCUT2D eigenvalue weighted by atomic mass is 9.85. The van der Waals surface area contributed by atoms with E-state index in [-0.39, 0.29) is 5.56 Å². The largest absolute Gasteiger partial charge is 0.485 e. The van der Waals surface area contributed by atoms with Crippen molar-refractivity contribution >= 4 is 0 Å². The molecule has 1 aliphatic rings. The molecule has 112 valence electrons. The summed E-state index contributed by atoms with van der Waals surface area (Å²) in [6, 6.07) is 6.42. The van der Waals surface area contributed by atoms with E-state index in [4.69, 9.17) is 10.00 Å². The number of aromatic nitrogens is 2. The van der Waals surface area contributed by atoms with Crippen LogP contribution in [-0.4, -0.2) is 26.4 Å². The topological polar surface area (TPSA) is 88.1 Å². The van der Waals surface area contributed by atoms with Crippen molar-refractivity contribution in [1.29, 1.82) is 5.26 Å². The fraction of sp³-hybridized carbons (Fsp3) is 0.312. The summed E-state index contributed by atoms with van der Waals surface area (Å²) in [7, 11) is 0. The molecule has 6 heteroatoms. The van der Waals surface area contributed by atoms with Crippen molar-refractivity contribution in [2.45, 2.75) is 31.6 Å². The summed E-state index contributed by atoms with van der Waals surface area (Å²) in [5.41, 5.74) is -0.132. The van der Waals surface area contributed by atoms with Crippen molar-refractivity contribution in [2.75, 3.05) is 0 Å². The van der Waals surface area contributed by atoms with Crippen LogP contribution in [0, 0.1) is 11.3 Å². The highest BCUT2D eigenvalue weighted by Crippen LogP contribution is 2.41. The Kier molecular flexibility index (Phi) is 3.23. The predicted octanol–water partition coefficient (Wildman–Crippen LogP) is 1.24. The lowest BCUT2D eigenvalue weighted by Gasteiger charge is -2.42.